The maximum atomic E-state index is 13.7. The molecule has 7 nitrogen and oxygen atoms in total. The first kappa shape index (κ1) is 20.6. The normalized spacial score (nSPS) is 22.6. The summed E-state index contributed by atoms with van der Waals surface area (Å²) in [6, 6.07) is 1.51. The molecule has 0 aromatic carbocycles. The summed E-state index contributed by atoms with van der Waals surface area (Å²) < 4.78 is 23.7. The number of methoxy groups -OCH3 is 1. The van der Waals surface area contributed by atoms with Gasteiger partial charge in [-0.25, -0.2) is 4.39 Å². The van der Waals surface area contributed by atoms with Crippen molar-refractivity contribution in [1.82, 2.24) is 15.0 Å². The van der Waals surface area contributed by atoms with Gasteiger partial charge in [0.1, 0.15) is 0 Å². The van der Waals surface area contributed by atoms with E-state index < -0.39 is 6.17 Å². The fourth-order valence-electron chi connectivity index (χ4n) is 4.37. The van der Waals surface area contributed by atoms with Crippen LogP contribution in [0.1, 0.15) is 56.0 Å². The zero-order valence-electron chi connectivity index (χ0n) is 16.7. The molecule has 1 aromatic rings. The molecule has 0 saturated carbocycles. The van der Waals surface area contributed by atoms with Crippen LogP contribution in [0.4, 0.5) is 4.39 Å². The predicted octanol–water partition coefficient (Wildman–Crippen LogP) is 2.91. The molecule has 2 saturated heterocycles. The Morgan fingerprint density at radius 3 is 2.43 bits per heavy atom. The molecule has 0 N–H and O–H groups in total. The lowest BCUT2D eigenvalue weighted by atomic mass is 9.80. The molecule has 2 fully saturated rings. The first-order valence-corrected chi connectivity index (χ1v) is 10.3. The number of halogens is 1. The van der Waals surface area contributed by atoms with Crippen molar-refractivity contribution in [1.29, 1.82) is 0 Å². The Bertz CT molecular complexity index is 672. The highest BCUT2D eigenvalue weighted by molar-refractivity contribution is 5.91. The van der Waals surface area contributed by atoms with E-state index >= 15 is 0 Å². The quantitative estimate of drug-likeness (QED) is 0.766. The molecular weight excluding hydrogens is 365 g/mol. The third kappa shape index (κ3) is 4.64. The van der Waals surface area contributed by atoms with Gasteiger partial charge in [0.2, 0.25) is 5.76 Å². The predicted molar refractivity (Wildman–Crippen MR) is 101 cm³/mol. The number of hydrogen-bond donors (Lipinski definition) is 0. The van der Waals surface area contributed by atoms with Crippen LogP contribution in [0.5, 0.6) is 5.88 Å². The molecule has 2 unspecified atom stereocenters. The van der Waals surface area contributed by atoms with E-state index in [1.165, 1.54) is 13.2 Å². The van der Waals surface area contributed by atoms with E-state index in [-0.39, 0.29) is 24.0 Å². The van der Waals surface area contributed by atoms with Gasteiger partial charge < -0.3 is 19.1 Å². The number of aromatic nitrogens is 1. The largest absolute Gasteiger partial charge is 0.479 e. The van der Waals surface area contributed by atoms with Crippen LogP contribution in [-0.2, 0) is 4.79 Å². The smallest absolute Gasteiger partial charge is 0.292 e. The molecule has 0 bridgehead atoms. The van der Waals surface area contributed by atoms with Crippen LogP contribution < -0.4 is 4.74 Å². The van der Waals surface area contributed by atoms with Gasteiger partial charge in [-0.3, -0.25) is 9.59 Å². The van der Waals surface area contributed by atoms with Crippen molar-refractivity contribution in [2.24, 2.45) is 11.8 Å². The highest BCUT2D eigenvalue weighted by atomic mass is 19.1. The van der Waals surface area contributed by atoms with Crippen molar-refractivity contribution in [3.63, 3.8) is 0 Å². The fourth-order valence-corrected chi connectivity index (χ4v) is 4.37. The molecule has 0 radical (unpaired) electrons. The summed E-state index contributed by atoms with van der Waals surface area (Å²) >= 11 is 0. The molecule has 0 aliphatic carbocycles. The van der Waals surface area contributed by atoms with Gasteiger partial charge in [0, 0.05) is 26.2 Å². The molecule has 3 rings (SSSR count). The number of alkyl halides is 1. The first-order chi connectivity index (χ1) is 13.5. The summed E-state index contributed by atoms with van der Waals surface area (Å²) in [7, 11) is 1.48. The van der Waals surface area contributed by atoms with Gasteiger partial charge in [0.15, 0.2) is 6.17 Å². The average molecular weight is 395 g/mol. The number of rotatable bonds is 5. The molecule has 2 aliphatic rings. The minimum absolute atomic E-state index is 0.152. The Labute approximate surface area is 165 Å². The van der Waals surface area contributed by atoms with Crippen LogP contribution >= 0.6 is 0 Å². The lowest BCUT2D eigenvalue weighted by molar-refractivity contribution is -0.136. The monoisotopic (exact) mass is 395 g/mol. The van der Waals surface area contributed by atoms with Crippen molar-refractivity contribution in [3.8, 4) is 5.88 Å². The van der Waals surface area contributed by atoms with Gasteiger partial charge >= 0.3 is 0 Å². The molecule has 156 valence electrons. The molecule has 1 aromatic heterocycles. The van der Waals surface area contributed by atoms with Gasteiger partial charge in [0.25, 0.3) is 17.7 Å². The second-order valence-electron chi connectivity index (χ2n) is 7.76. The van der Waals surface area contributed by atoms with E-state index in [0.717, 1.165) is 32.1 Å². The second-order valence-corrected chi connectivity index (χ2v) is 7.76. The fraction of sp³-hybridized carbons (Fsp3) is 0.750. The van der Waals surface area contributed by atoms with Crippen LogP contribution in [0.15, 0.2) is 10.6 Å². The zero-order chi connectivity index (χ0) is 20.1. The van der Waals surface area contributed by atoms with Crippen LogP contribution in [0.25, 0.3) is 0 Å². The number of carbonyl (C=O) groups is 2. The molecule has 2 amide bonds. The average Bonchev–Trinajstić information content (AvgIpc) is 3.09. The number of carbonyl (C=O) groups excluding carboxylic acids is 2. The van der Waals surface area contributed by atoms with E-state index in [4.69, 9.17) is 9.26 Å². The SMILES string of the molecule is CCC(F)C(=O)N1CCCC(C2CCN(C(=O)c3cc(OC)no3)CC2)CC1. The third-order valence-electron chi connectivity index (χ3n) is 6.11. The summed E-state index contributed by atoms with van der Waals surface area (Å²) in [5, 5.41) is 3.69. The Kier molecular flexibility index (Phi) is 6.91. The highest BCUT2D eigenvalue weighted by Gasteiger charge is 2.32. The van der Waals surface area contributed by atoms with Gasteiger partial charge in [0.05, 0.1) is 13.2 Å². The van der Waals surface area contributed by atoms with Crippen molar-refractivity contribution in [3.05, 3.63) is 11.8 Å². The molecular formula is C20H30FN3O4. The molecule has 2 aliphatic heterocycles. The molecule has 3 heterocycles. The molecule has 0 spiro atoms. The number of hydrogen-bond acceptors (Lipinski definition) is 5. The maximum Gasteiger partial charge on any atom is 0.292 e. The zero-order valence-corrected chi connectivity index (χ0v) is 16.7. The van der Waals surface area contributed by atoms with Crippen molar-refractivity contribution < 1.29 is 23.2 Å². The van der Waals surface area contributed by atoms with E-state index in [9.17, 15) is 14.0 Å². The minimum atomic E-state index is -1.37. The van der Waals surface area contributed by atoms with Gasteiger partial charge in [-0.1, -0.05) is 6.92 Å². The van der Waals surface area contributed by atoms with Crippen molar-refractivity contribution >= 4 is 11.8 Å². The van der Waals surface area contributed by atoms with Gasteiger partial charge in [-0.05, 0) is 55.5 Å². The van der Waals surface area contributed by atoms with E-state index in [2.05, 4.69) is 5.16 Å². The second kappa shape index (κ2) is 9.39. The van der Waals surface area contributed by atoms with E-state index in [1.54, 1.807) is 16.7 Å². The highest BCUT2D eigenvalue weighted by Crippen LogP contribution is 2.33. The summed E-state index contributed by atoms with van der Waals surface area (Å²) in [4.78, 5) is 28.2. The minimum Gasteiger partial charge on any atom is -0.479 e. The van der Waals surface area contributed by atoms with Gasteiger partial charge in [-0.15, -0.1) is 0 Å². The molecule has 2 atom stereocenters. The standard InChI is InChI=1S/C20H30FN3O4/c1-3-16(21)19(25)23-9-4-5-14(6-10-23)15-7-11-24(12-8-15)20(26)17-13-18(27-2)22-28-17/h13-16H,3-12H2,1-2H3. The third-order valence-corrected chi connectivity index (χ3v) is 6.11. The van der Waals surface area contributed by atoms with E-state index in [1.807, 2.05) is 0 Å². The van der Waals surface area contributed by atoms with Crippen LogP contribution in [-0.4, -0.2) is 66.2 Å². The number of ether oxygens (including phenoxy) is 1. The summed E-state index contributed by atoms with van der Waals surface area (Å²) in [6.07, 6.45) is 3.64. The maximum absolute atomic E-state index is 13.7. The topological polar surface area (TPSA) is 75.9 Å². The number of nitrogens with zero attached hydrogens (tertiary/aromatic N) is 3. The van der Waals surface area contributed by atoms with Crippen LogP contribution in [0, 0.1) is 11.8 Å². The van der Waals surface area contributed by atoms with Gasteiger partial charge in [-0.2, -0.15) is 0 Å². The number of likely N-dealkylation sites (tertiary alicyclic amines) is 2. The summed E-state index contributed by atoms with van der Waals surface area (Å²) in [6.45, 7) is 4.37. The first-order valence-electron chi connectivity index (χ1n) is 10.3. The van der Waals surface area contributed by atoms with E-state index in [0.29, 0.717) is 43.9 Å². The van der Waals surface area contributed by atoms with Crippen molar-refractivity contribution in [2.45, 2.75) is 51.6 Å². The Morgan fingerprint density at radius 2 is 1.82 bits per heavy atom. The Balaban J connectivity index is 1.49. The number of amides is 2. The Morgan fingerprint density at radius 1 is 1.18 bits per heavy atom. The van der Waals surface area contributed by atoms with Crippen LogP contribution in [0.3, 0.4) is 0 Å². The lowest BCUT2D eigenvalue weighted by Crippen LogP contribution is -2.40. The number of piperidine rings is 1. The Hall–Kier alpha value is -2.12. The van der Waals surface area contributed by atoms with Crippen molar-refractivity contribution in [2.75, 3.05) is 33.3 Å². The summed E-state index contributed by atoms with van der Waals surface area (Å²) in [5.41, 5.74) is 0. The van der Waals surface area contributed by atoms with Crippen LogP contribution in [0.2, 0.25) is 0 Å². The lowest BCUT2D eigenvalue weighted by Gasteiger charge is -2.35. The molecule has 8 heteroatoms. The summed E-state index contributed by atoms with van der Waals surface area (Å²) in [5.74, 6) is 1.06. The molecule has 28 heavy (non-hydrogen) atoms.